The number of furan rings is 1. The quantitative estimate of drug-likeness (QED) is 0.302. The molecule has 10 nitrogen and oxygen atoms in total. The van der Waals surface area contributed by atoms with Gasteiger partial charge < -0.3 is 29.1 Å². The molecule has 13 heteroatoms. The van der Waals surface area contributed by atoms with Crippen LogP contribution in [0.1, 0.15) is 0 Å². The van der Waals surface area contributed by atoms with Gasteiger partial charge in [-0.2, -0.15) is 0 Å². The maximum atomic E-state index is 13.5. The first-order valence-electron chi connectivity index (χ1n) is 11.4. The van der Waals surface area contributed by atoms with Crippen molar-refractivity contribution in [2.45, 2.75) is 0 Å². The molecule has 0 radical (unpaired) electrons. The molecule has 0 aliphatic heterocycles. The molecule has 206 valence electrons. The maximum absolute atomic E-state index is 13.5. The standard InChI is InChI=1S/C26H24F2N2O8S/c1-29-26(32)38-25-18-13-23(35-2)21(30(10-11-31)39(3,33)34)14-22(18)37-24(25)15-4-6-16(7-5-15)36-17-8-9-19(27)20(28)12-17/h4-9,12-14,31H,10-11H2,1-3H3,(H,29,32). The van der Waals surface area contributed by atoms with E-state index < -0.39 is 34.4 Å². The van der Waals surface area contributed by atoms with E-state index >= 15 is 0 Å². The van der Waals surface area contributed by atoms with Crippen LogP contribution in [-0.4, -0.2) is 53.2 Å². The number of aliphatic hydroxyl groups excluding tert-OH is 1. The van der Waals surface area contributed by atoms with E-state index in [0.717, 1.165) is 22.7 Å². The summed E-state index contributed by atoms with van der Waals surface area (Å²) in [6.45, 7) is -0.670. The molecule has 0 unspecified atom stereocenters. The second-order valence-corrected chi connectivity index (χ2v) is 10.1. The van der Waals surface area contributed by atoms with Crippen LogP contribution in [0.2, 0.25) is 0 Å². The number of sulfonamides is 1. The van der Waals surface area contributed by atoms with Gasteiger partial charge in [-0.05, 0) is 42.5 Å². The summed E-state index contributed by atoms with van der Waals surface area (Å²) in [6.07, 6.45) is 0.211. The molecule has 0 fully saturated rings. The molecule has 0 saturated carbocycles. The number of rotatable bonds is 9. The lowest BCUT2D eigenvalue weighted by Crippen LogP contribution is -2.32. The van der Waals surface area contributed by atoms with Gasteiger partial charge in [0.1, 0.15) is 22.8 Å². The number of nitrogens with one attached hydrogen (secondary N) is 1. The summed E-state index contributed by atoms with van der Waals surface area (Å²) in [4.78, 5) is 12.2. The molecular formula is C26H24F2N2O8S. The van der Waals surface area contributed by atoms with Crippen LogP contribution in [0, 0.1) is 11.6 Å². The number of nitrogens with zero attached hydrogens (tertiary/aromatic N) is 1. The topological polar surface area (TPSA) is 128 Å². The van der Waals surface area contributed by atoms with Crippen LogP contribution >= 0.6 is 0 Å². The largest absolute Gasteiger partial charge is 0.495 e. The number of anilines is 1. The summed E-state index contributed by atoms with van der Waals surface area (Å²) < 4.78 is 75.0. The van der Waals surface area contributed by atoms with Gasteiger partial charge in [0.25, 0.3) is 0 Å². The Morgan fingerprint density at radius 3 is 2.33 bits per heavy atom. The van der Waals surface area contributed by atoms with Crippen molar-refractivity contribution in [2.75, 3.05) is 37.9 Å². The van der Waals surface area contributed by atoms with E-state index in [9.17, 15) is 27.1 Å². The third-order valence-corrected chi connectivity index (χ3v) is 6.74. The lowest BCUT2D eigenvalue weighted by atomic mass is 10.1. The van der Waals surface area contributed by atoms with E-state index in [0.29, 0.717) is 16.7 Å². The summed E-state index contributed by atoms with van der Waals surface area (Å²) in [5, 5.41) is 12.1. The van der Waals surface area contributed by atoms with Gasteiger partial charge in [0.15, 0.2) is 23.1 Å². The van der Waals surface area contributed by atoms with Crippen LogP contribution in [0.3, 0.4) is 0 Å². The third-order valence-electron chi connectivity index (χ3n) is 5.56. The van der Waals surface area contributed by atoms with Crippen molar-refractivity contribution in [1.29, 1.82) is 0 Å². The molecule has 2 N–H and O–H groups in total. The summed E-state index contributed by atoms with van der Waals surface area (Å²) in [7, 11) is -1.07. The van der Waals surface area contributed by atoms with Crippen LogP contribution in [0.5, 0.6) is 23.0 Å². The smallest absolute Gasteiger partial charge is 0.412 e. The number of amides is 1. The predicted octanol–water partition coefficient (Wildman–Crippen LogP) is 4.66. The zero-order chi connectivity index (χ0) is 28.3. The molecule has 4 rings (SSSR count). The Bertz CT molecular complexity index is 1620. The van der Waals surface area contributed by atoms with Crippen molar-refractivity contribution in [1.82, 2.24) is 5.32 Å². The predicted molar refractivity (Wildman–Crippen MR) is 139 cm³/mol. The molecule has 1 heterocycles. The van der Waals surface area contributed by atoms with Gasteiger partial charge in [0.05, 0.1) is 37.6 Å². The monoisotopic (exact) mass is 562 g/mol. The molecule has 0 atom stereocenters. The highest BCUT2D eigenvalue weighted by Gasteiger charge is 2.26. The van der Waals surface area contributed by atoms with Crippen LogP contribution in [0.15, 0.2) is 59.0 Å². The van der Waals surface area contributed by atoms with Crippen molar-refractivity contribution >= 4 is 32.8 Å². The van der Waals surface area contributed by atoms with Crippen molar-refractivity contribution in [3.8, 4) is 34.3 Å². The van der Waals surface area contributed by atoms with Gasteiger partial charge in [-0.3, -0.25) is 4.31 Å². The summed E-state index contributed by atoms with van der Waals surface area (Å²) in [5.74, 6) is -1.34. The number of fused-ring (bicyclic) bond motifs is 1. The average molecular weight is 563 g/mol. The molecule has 0 aliphatic rings. The van der Waals surface area contributed by atoms with Gasteiger partial charge >= 0.3 is 6.09 Å². The zero-order valence-corrected chi connectivity index (χ0v) is 21.8. The fourth-order valence-electron chi connectivity index (χ4n) is 3.79. The van der Waals surface area contributed by atoms with Crippen LogP contribution in [0.25, 0.3) is 22.3 Å². The first kappa shape index (κ1) is 27.7. The highest BCUT2D eigenvalue weighted by molar-refractivity contribution is 7.92. The number of halogens is 2. The first-order chi connectivity index (χ1) is 18.5. The lowest BCUT2D eigenvalue weighted by molar-refractivity contribution is 0.203. The molecule has 0 bridgehead atoms. The number of ether oxygens (including phenoxy) is 3. The minimum atomic E-state index is -3.80. The maximum Gasteiger partial charge on any atom is 0.412 e. The molecule has 1 amide bonds. The van der Waals surface area contributed by atoms with Crippen molar-refractivity contribution in [3.05, 3.63) is 66.2 Å². The molecule has 0 aliphatic carbocycles. The molecule has 3 aromatic carbocycles. The van der Waals surface area contributed by atoms with E-state index in [-0.39, 0.29) is 40.8 Å². The molecule has 1 aromatic heterocycles. The highest BCUT2D eigenvalue weighted by atomic mass is 32.2. The SMILES string of the molecule is CNC(=O)Oc1c(-c2ccc(Oc3ccc(F)c(F)c3)cc2)oc2cc(N(CCO)S(C)(=O)=O)c(OC)cc12. The van der Waals surface area contributed by atoms with Gasteiger partial charge in [-0.25, -0.2) is 22.0 Å². The van der Waals surface area contributed by atoms with Crippen LogP contribution in [0.4, 0.5) is 19.3 Å². The molecule has 0 spiro atoms. The Balaban J connectivity index is 1.80. The van der Waals surface area contributed by atoms with Gasteiger partial charge in [-0.1, -0.05) is 0 Å². The van der Waals surface area contributed by atoms with Gasteiger partial charge in [0, 0.05) is 24.7 Å². The molecule has 4 aromatic rings. The van der Waals surface area contributed by atoms with Gasteiger partial charge in [-0.15, -0.1) is 0 Å². The number of hydrogen-bond donors (Lipinski definition) is 2. The minimum absolute atomic E-state index is 0.0385. The zero-order valence-electron chi connectivity index (χ0n) is 21.0. The van der Waals surface area contributed by atoms with Crippen LogP contribution in [-0.2, 0) is 10.0 Å². The number of methoxy groups -OCH3 is 1. The number of benzene rings is 3. The van der Waals surface area contributed by atoms with E-state index in [2.05, 4.69) is 5.32 Å². The number of hydrogen-bond acceptors (Lipinski definition) is 8. The Labute approximate surface area is 222 Å². The number of carbonyl (C=O) groups excluding carboxylic acids is 1. The Morgan fingerprint density at radius 1 is 1.05 bits per heavy atom. The fourth-order valence-corrected chi connectivity index (χ4v) is 4.70. The number of carbonyl (C=O) groups is 1. The second kappa shape index (κ2) is 11.2. The average Bonchev–Trinajstić information content (AvgIpc) is 3.25. The van der Waals surface area contributed by atoms with Crippen LogP contribution < -0.4 is 23.8 Å². The van der Waals surface area contributed by atoms with E-state index in [1.54, 1.807) is 24.3 Å². The summed E-state index contributed by atoms with van der Waals surface area (Å²) >= 11 is 0. The third kappa shape index (κ3) is 5.89. The lowest BCUT2D eigenvalue weighted by Gasteiger charge is -2.23. The highest BCUT2D eigenvalue weighted by Crippen LogP contribution is 2.45. The normalized spacial score (nSPS) is 11.3. The number of aliphatic hydroxyl groups is 1. The summed E-state index contributed by atoms with van der Waals surface area (Å²) in [6, 6.07) is 12.3. The molecular weight excluding hydrogens is 538 g/mol. The molecule has 0 saturated heterocycles. The Hall–Kier alpha value is -4.36. The fraction of sp³-hybridized carbons (Fsp3) is 0.192. The molecule has 39 heavy (non-hydrogen) atoms. The van der Waals surface area contributed by atoms with Gasteiger partial charge in [0.2, 0.25) is 10.0 Å². The Kier molecular flexibility index (Phi) is 7.93. The first-order valence-corrected chi connectivity index (χ1v) is 13.3. The minimum Gasteiger partial charge on any atom is -0.495 e. The Morgan fingerprint density at radius 2 is 1.74 bits per heavy atom. The van der Waals surface area contributed by atoms with Crippen molar-refractivity contribution < 1.29 is 45.7 Å². The van der Waals surface area contributed by atoms with Crippen molar-refractivity contribution in [3.63, 3.8) is 0 Å². The van der Waals surface area contributed by atoms with Crippen molar-refractivity contribution in [2.24, 2.45) is 0 Å². The summed E-state index contributed by atoms with van der Waals surface area (Å²) in [5.41, 5.74) is 0.746. The second-order valence-electron chi connectivity index (χ2n) is 8.18. The van der Waals surface area contributed by atoms with E-state index in [4.69, 9.17) is 18.6 Å². The van der Waals surface area contributed by atoms with E-state index in [1.807, 2.05) is 0 Å². The van der Waals surface area contributed by atoms with E-state index in [1.165, 1.54) is 32.4 Å².